The Bertz CT molecular complexity index is 361. The summed E-state index contributed by atoms with van der Waals surface area (Å²) in [7, 11) is 0. The Labute approximate surface area is 98.5 Å². The van der Waals surface area contributed by atoms with Crippen LogP contribution in [0.25, 0.3) is 0 Å². The fourth-order valence-electron chi connectivity index (χ4n) is 2.11. The third-order valence-electron chi connectivity index (χ3n) is 2.90. The van der Waals surface area contributed by atoms with E-state index in [-0.39, 0.29) is 18.6 Å². The Morgan fingerprint density at radius 3 is 3.00 bits per heavy atom. The zero-order chi connectivity index (χ0) is 11.7. The fourth-order valence-corrected chi connectivity index (χ4v) is 2.53. The summed E-state index contributed by atoms with van der Waals surface area (Å²) in [5.74, 6) is -1.40. The highest BCUT2D eigenvalue weighted by Crippen LogP contribution is 2.45. The minimum absolute atomic E-state index is 0.101. The molecular formula is C11H13ClO4. The van der Waals surface area contributed by atoms with Crippen molar-refractivity contribution in [1.82, 2.24) is 0 Å². The standard InChI is InChI=1S/C11H13ClO4/c1-2-15-11(14)9(13)7-8(12)6-4-3-5-16-10(6)7/h6,10H,2-5H2,1H3. The molecule has 0 radical (unpaired) electrons. The average molecular weight is 245 g/mol. The molecule has 1 heterocycles. The monoisotopic (exact) mass is 244 g/mol. The molecule has 5 heteroatoms. The van der Waals surface area contributed by atoms with Gasteiger partial charge in [0.25, 0.3) is 5.78 Å². The first-order chi connectivity index (χ1) is 7.66. The van der Waals surface area contributed by atoms with Crippen LogP contribution >= 0.6 is 11.6 Å². The van der Waals surface area contributed by atoms with Gasteiger partial charge in [-0.3, -0.25) is 4.79 Å². The highest BCUT2D eigenvalue weighted by Gasteiger charge is 2.47. The number of hydrogen-bond donors (Lipinski definition) is 0. The van der Waals surface area contributed by atoms with Gasteiger partial charge in [0.15, 0.2) is 0 Å². The third kappa shape index (κ3) is 1.76. The first-order valence-corrected chi connectivity index (χ1v) is 5.77. The molecule has 2 unspecified atom stereocenters. The second kappa shape index (κ2) is 4.55. The molecule has 0 bridgehead atoms. The molecule has 1 aliphatic heterocycles. The number of carbonyl (C=O) groups is 2. The third-order valence-corrected chi connectivity index (χ3v) is 3.38. The number of ketones is 1. The second-order valence-corrected chi connectivity index (χ2v) is 4.26. The van der Waals surface area contributed by atoms with Crippen molar-refractivity contribution in [3.8, 4) is 0 Å². The van der Waals surface area contributed by atoms with Crippen LogP contribution in [0.5, 0.6) is 0 Å². The number of ether oxygens (including phenoxy) is 2. The van der Waals surface area contributed by atoms with Crippen LogP contribution in [0.1, 0.15) is 19.8 Å². The average Bonchev–Trinajstić information content (AvgIpc) is 2.29. The molecule has 2 aliphatic rings. The molecule has 0 N–H and O–H groups in total. The van der Waals surface area contributed by atoms with Crippen LogP contribution in [0.4, 0.5) is 0 Å². The Balaban J connectivity index is 2.12. The van der Waals surface area contributed by atoms with Gasteiger partial charge in [-0.2, -0.15) is 0 Å². The van der Waals surface area contributed by atoms with Gasteiger partial charge < -0.3 is 9.47 Å². The quantitative estimate of drug-likeness (QED) is 0.557. The molecule has 4 nitrogen and oxygen atoms in total. The van der Waals surface area contributed by atoms with Gasteiger partial charge in [0, 0.05) is 17.6 Å². The van der Waals surface area contributed by atoms with Gasteiger partial charge in [-0.1, -0.05) is 11.6 Å². The van der Waals surface area contributed by atoms with Gasteiger partial charge in [-0.05, 0) is 19.8 Å². The molecule has 88 valence electrons. The Morgan fingerprint density at radius 1 is 1.56 bits per heavy atom. The number of carbonyl (C=O) groups excluding carboxylic acids is 2. The summed E-state index contributed by atoms with van der Waals surface area (Å²) in [5.41, 5.74) is 0.296. The van der Waals surface area contributed by atoms with E-state index in [0.717, 1.165) is 12.8 Å². The van der Waals surface area contributed by atoms with E-state index in [1.54, 1.807) is 6.92 Å². The predicted octanol–water partition coefficient (Wildman–Crippen LogP) is 1.42. The van der Waals surface area contributed by atoms with Gasteiger partial charge >= 0.3 is 5.97 Å². The summed E-state index contributed by atoms with van der Waals surface area (Å²) in [6.45, 7) is 2.46. The number of hydrogen-bond acceptors (Lipinski definition) is 4. The maximum atomic E-state index is 11.7. The highest BCUT2D eigenvalue weighted by molar-refractivity contribution is 6.45. The second-order valence-electron chi connectivity index (χ2n) is 3.85. The highest BCUT2D eigenvalue weighted by atomic mass is 35.5. The molecule has 1 saturated heterocycles. The molecule has 0 saturated carbocycles. The SMILES string of the molecule is CCOC(=O)C(=O)C1=C(Cl)C2CCCOC12. The molecule has 2 rings (SSSR count). The lowest BCUT2D eigenvalue weighted by Gasteiger charge is -2.41. The van der Waals surface area contributed by atoms with E-state index in [2.05, 4.69) is 4.74 Å². The first kappa shape index (κ1) is 11.6. The Kier molecular flexibility index (Phi) is 3.30. The molecular weight excluding hydrogens is 232 g/mol. The van der Waals surface area contributed by atoms with Gasteiger partial charge in [0.2, 0.25) is 0 Å². The van der Waals surface area contributed by atoms with Crippen LogP contribution in [0, 0.1) is 5.92 Å². The summed E-state index contributed by atoms with van der Waals surface area (Å²) >= 11 is 6.00. The molecule has 1 aliphatic carbocycles. The number of Topliss-reactive ketones (excluding diaryl/α,β-unsaturated/α-hetero) is 1. The molecule has 1 fully saturated rings. The molecule has 0 aromatic rings. The predicted molar refractivity (Wildman–Crippen MR) is 57.0 cm³/mol. The van der Waals surface area contributed by atoms with Crippen molar-refractivity contribution >= 4 is 23.4 Å². The van der Waals surface area contributed by atoms with Crippen molar-refractivity contribution in [1.29, 1.82) is 0 Å². The largest absolute Gasteiger partial charge is 0.460 e. The maximum Gasteiger partial charge on any atom is 0.379 e. The van der Waals surface area contributed by atoms with E-state index < -0.39 is 11.8 Å². The van der Waals surface area contributed by atoms with Crippen LogP contribution in [0.15, 0.2) is 10.6 Å². The molecule has 0 aromatic carbocycles. The molecule has 0 amide bonds. The molecule has 16 heavy (non-hydrogen) atoms. The zero-order valence-corrected chi connectivity index (χ0v) is 9.75. The lowest BCUT2D eigenvalue weighted by atomic mass is 9.76. The maximum absolute atomic E-state index is 11.7. The molecule has 0 spiro atoms. The number of fused-ring (bicyclic) bond motifs is 1. The minimum atomic E-state index is -0.844. The molecule has 2 atom stereocenters. The van der Waals surface area contributed by atoms with Crippen molar-refractivity contribution in [2.75, 3.05) is 13.2 Å². The van der Waals surface area contributed by atoms with Crippen LogP contribution in [0.3, 0.4) is 0 Å². The van der Waals surface area contributed by atoms with E-state index in [4.69, 9.17) is 16.3 Å². The van der Waals surface area contributed by atoms with Gasteiger partial charge in [-0.25, -0.2) is 4.79 Å². The van der Waals surface area contributed by atoms with Gasteiger partial charge in [-0.15, -0.1) is 0 Å². The summed E-state index contributed by atoms with van der Waals surface area (Å²) in [5, 5.41) is 0.475. The number of rotatable bonds is 3. The smallest absolute Gasteiger partial charge is 0.379 e. The normalized spacial score (nSPS) is 28.1. The van der Waals surface area contributed by atoms with E-state index in [1.165, 1.54) is 0 Å². The fraction of sp³-hybridized carbons (Fsp3) is 0.636. The van der Waals surface area contributed by atoms with Crippen molar-refractivity contribution in [2.45, 2.75) is 25.9 Å². The van der Waals surface area contributed by atoms with E-state index >= 15 is 0 Å². The summed E-state index contributed by atoms with van der Waals surface area (Å²) in [6, 6.07) is 0. The minimum Gasteiger partial charge on any atom is -0.460 e. The van der Waals surface area contributed by atoms with E-state index in [0.29, 0.717) is 17.2 Å². The van der Waals surface area contributed by atoms with Crippen molar-refractivity contribution < 1.29 is 19.1 Å². The van der Waals surface area contributed by atoms with Crippen molar-refractivity contribution in [2.24, 2.45) is 5.92 Å². The zero-order valence-electron chi connectivity index (χ0n) is 8.99. The van der Waals surface area contributed by atoms with Gasteiger partial charge in [0.1, 0.15) is 0 Å². The van der Waals surface area contributed by atoms with Crippen LogP contribution in [0.2, 0.25) is 0 Å². The summed E-state index contributed by atoms with van der Waals surface area (Å²) in [4.78, 5) is 23.0. The Morgan fingerprint density at radius 2 is 2.31 bits per heavy atom. The van der Waals surface area contributed by atoms with Crippen LogP contribution in [-0.2, 0) is 19.1 Å². The first-order valence-electron chi connectivity index (χ1n) is 5.39. The van der Waals surface area contributed by atoms with Crippen LogP contribution < -0.4 is 0 Å². The van der Waals surface area contributed by atoms with E-state index in [1.807, 2.05) is 0 Å². The topological polar surface area (TPSA) is 52.6 Å². The van der Waals surface area contributed by atoms with E-state index in [9.17, 15) is 9.59 Å². The number of halogens is 1. The summed E-state index contributed by atoms with van der Waals surface area (Å²) in [6.07, 6.45) is 1.57. The van der Waals surface area contributed by atoms with Gasteiger partial charge in [0.05, 0.1) is 18.3 Å². The van der Waals surface area contributed by atoms with Crippen molar-refractivity contribution in [3.05, 3.63) is 10.6 Å². The summed E-state index contributed by atoms with van der Waals surface area (Å²) < 4.78 is 10.1. The molecule has 0 aromatic heterocycles. The van der Waals surface area contributed by atoms with Crippen molar-refractivity contribution in [3.63, 3.8) is 0 Å². The van der Waals surface area contributed by atoms with Crippen LogP contribution in [-0.4, -0.2) is 31.1 Å². The number of esters is 1. The lowest BCUT2D eigenvalue weighted by molar-refractivity contribution is -0.153. The lowest BCUT2D eigenvalue weighted by Crippen LogP contribution is -2.45. The Hall–Kier alpha value is -0.870.